The lowest BCUT2D eigenvalue weighted by atomic mass is 9.98. The van der Waals surface area contributed by atoms with Gasteiger partial charge in [0, 0.05) is 18.9 Å². The third-order valence-corrected chi connectivity index (χ3v) is 4.84. The molecule has 132 valence electrons. The SMILES string of the molecule is COc1ccc(C2CC(c3c(O)c4ccccc4n(C)c3=O)=NN2)cc1. The Morgan fingerprint density at radius 2 is 1.92 bits per heavy atom. The van der Waals surface area contributed by atoms with Gasteiger partial charge in [-0.25, -0.2) is 0 Å². The molecule has 6 heteroatoms. The summed E-state index contributed by atoms with van der Waals surface area (Å²) in [5.41, 5.74) is 5.37. The summed E-state index contributed by atoms with van der Waals surface area (Å²) in [4.78, 5) is 12.8. The van der Waals surface area contributed by atoms with Gasteiger partial charge in [-0.05, 0) is 29.8 Å². The third-order valence-electron chi connectivity index (χ3n) is 4.84. The maximum absolute atomic E-state index is 12.8. The third kappa shape index (κ3) is 2.50. The monoisotopic (exact) mass is 349 g/mol. The fraction of sp³-hybridized carbons (Fsp3) is 0.200. The van der Waals surface area contributed by atoms with Gasteiger partial charge in [-0.3, -0.25) is 4.79 Å². The second-order valence-corrected chi connectivity index (χ2v) is 6.32. The summed E-state index contributed by atoms with van der Waals surface area (Å²) in [6.07, 6.45) is 0.521. The molecule has 0 spiro atoms. The standard InChI is InChI=1S/C20H19N3O3/c1-23-17-6-4-3-5-14(17)19(24)18(20(23)25)16-11-15(21-22-16)12-7-9-13(26-2)10-8-12/h3-10,15,21,24H,11H2,1-2H3. The van der Waals surface area contributed by atoms with Crippen LogP contribution >= 0.6 is 0 Å². The van der Waals surface area contributed by atoms with Crippen molar-refractivity contribution >= 4 is 16.6 Å². The first-order valence-corrected chi connectivity index (χ1v) is 8.37. The summed E-state index contributed by atoms with van der Waals surface area (Å²) in [5, 5.41) is 15.7. The first kappa shape index (κ1) is 16.2. The Morgan fingerprint density at radius 1 is 1.19 bits per heavy atom. The molecule has 2 heterocycles. The van der Waals surface area contributed by atoms with E-state index < -0.39 is 0 Å². The van der Waals surface area contributed by atoms with Crippen molar-refractivity contribution in [2.75, 3.05) is 7.11 Å². The highest BCUT2D eigenvalue weighted by molar-refractivity contribution is 6.07. The van der Waals surface area contributed by atoms with Gasteiger partial charge in [0.1, 0.15) is 17.1 Å². The minimum atomic E-state index is -0.253. The molecule has 6 nitrogen and oxygen atoms in total. The molecule has 2 aromatic carbocycles. The fourth-order valence-electron chi connectivity index (χ4n) is 3.37. The van der Waals surface area contributed by atoms with Crippen molar-refractivity contribution in [3.8, 4) is 11.5 Å². The lowest BCUT2D eigenvalue weighted by Crippen LogP contribution is -2.24. The Labute approximate surface area is 150 Å². The number of hydrogen-bond donors (Lipinski definition) is 2. The van der Waals surface area contributed by atoms with Crippen LogP contribution in [0.25, 0.3) is 10.9 Å². The first-order chi connectivity index (χ1) is 12.6. The number of nitrogens with zero attached hydrogens (tertiary/aromatic N) is 2. The number of benzene rings is 2. The van der Waals surface area contributed by atoms with E-state index in [9.17, 15) is 9.90 Å². The minimum Gasteiger partial charge on any atom is -0.506 e. The van der Waals surface area contributed by atoms with Crippen molar-refractivity contribution in [1.82, 2.24) is 9.99 Å². The molecule has 4 rings (SSSR count). The van der Waals surface area contributed by atoms with Crippen molar-refractivity contribution in [2.45, 2.75) is 12.5 Å². The molecule has 3 aromatic rings. The van der Waals surface area contributed by atoms with E-state index in [2.05, 4.69) is 10.5 Å². The number of hydrogen-bond acceptors (Lipinski definition) is 5. The number of para-hydroxylation sites is 1. The van der Waals surface area contributed by atoms with E-state index in [1.165, 1.54) is 0 Å². The van der Waals surface area contributed by atoms with Crippen molar-refractivity contribution in [3.05, 3.63) is 70.0 Å². The van der Waals surface area contributed by atoms with Crippen LogP contribution in [0.3, 0.4) is 0 Å². The highest BCUT2D eigenvalue weighted by atomic mass is 16.5. The molecule has 0 aliphatic carbocycles. The van der Waals surface area contributed by atoms with Crippen molar-refractivity contribution in [2.24, 2.45) is 12.1 Å². The first-order valence-electron chi connectivity index (χ1n) is 8.37. The van der Waals surface area contributed by atoms with Gasteiger partial charge in [-0.1, -0.05) is 24.3 Å². The van der Waals surface area contributed by atoms with E-state index in [1.807, 2.05) is 42.5 Å². The summed E-state index contributed by atoms with van der Waals surface area (Å²) >= 11 is 0. The lowest BCUT2D eigenvalue weighted by Gasteiger charge is -2.12. The second kappa shape index (κ2) is 6.22. The minimum absolute atomic E-state index is 0.0142. The zero-order valence-electron chi connectivity index (χ0n) is 14.6. The number of ether oxygens (including phenoxy) is 1. The molecule has 0 radical (unpaired) electrons. The van der Waals surface area contributed by atoms with Crippen molar-refractivity contribution in [3.63, 3.8) is 0 Å². The van der Waals surface area contributed by atoms with Crippen LogP contribution in [0.2, 0.25) is 0 Å². The number of aromatic hydroxyl groups is 1. The summed E-state index contributed by atoms with van der Waals surface area (Å²) in [6.45, 7) is 0. The fourth-order valence-corrected chi connectivity index (χ4v) is 3.37. The van der Waals surface area contributed by atoms with Crippen LogP contribution in [0, 0.1) is 0 Å². The summed E-state index contributed by atoms with van der Waals surface area (Å²) < 4.78 is 6.73. The van der Waals surface area contributed by atoms with Crippen LogP contribution in [0.5, 0.6) is 11.5 Å². The predicted octanol–water partition coefficient (Wildman–Crippen LogP) is 2.69. The van der Waals surface area contributed by atoms with Crippen molar-refractivity contribution < 1.29 is 9.84 Å². The summed E-state index contributed by atoms with van der Waals surface area (Å²) in [6, 6.07) is 15.0. The molecule has 0 fully saturated rings. The van der Waals surface area contributed by atoms with Crippen LogP contribution in [0.15, 0.2) is 58.4 Å². The van der Waals surface area contributed by atoms with E-state index in [-0.39, 0.29) is 22.9 Å². The van der Waals surface area contributed by atoms with E-state index >= 15 is 0 Å². The number of rotatable bonds is 3. The number of aryl methyl sites for hydroxylation is 1. The van der Waals surface area contributed by atoms with Crippen LogP contribution in [0.1, 0.15) is 23.6 Å². The lowest BCUT2D eigenvalue weighted by molar-refractivity contribution is 0.414. The maximum Gasteiger partial charge on any atom is 0.263 e. The molecule has 1 unspecified atom stereocenters. The van der Waals surface area contributed by atoms with Crippen LogP contribution in [0.4, 0.5) is 0 Å². The average molecular weight is 349 g/mol. The van der Waals surface area contributed by atoms with Gasteiger partial charge in [0.05, 0.1) is 24.4 Å². The molecular weight excluding hydrogens is 330 g/mol. The number of pyridine rings is 1. The second-order valence-electron chi connectivity index (χ2n) is 6.32. The number of methoxy groups -OCH3 is 1. The molecule has 0 saturated carbocycles. The van der Waals surface area contributed by atoms with Gasteiger partial charge >= 0.3 is 0 Å². The number of nitrogens with one attached hydrogen (secondary N) is 1. The molecule has 0 bridgehead atoms. The molecular formula is C20H19N3O3. The summed E-state index contributed by atoms with van der Waals surface area (Å²) in [7, 11) is 3.33. The van der Waals surface area contributed by atoms with E-state index in [4.69, 9.17) is 4.74 Å². The molecule has 1 aliphatic heterocycles. The topological polar surface area (TPSA) is 75.8 Å². The molecule has 2 N–H and O–H groups in total. The van der Waals surface area contributed by atoms with Gasteiger partial charge in [0.2, 0.25) is 0 Å². The molecule has 1 aliphatic rings. The predicted molar refractivity (Wildman–Crippen MR) is 101 cm³/mol. The summed E-state index contributed by atoms with van der Waals surface area (Å²) in [5.74, 6) is 0.772. The van der Waals surface area contributed by atoms with Gasteiger partial charge in [0.25, 0.3) is 5.56 Å². The zero-order valence-corrected chi connectivity index (χ0v) is 14.6. The Bertz CT molecular complexity index is 1070. The quantitative estimate of drug-likeness (QED) is 0.762. The highest BCUT2D eigenvalue weighted by Gasteiger charge is 2.27. The van der Waals surface area contributed by atoms with Gasteiger partial charge in [0.15, 0.2) is 0 Å². The Balaban J connectivity index is 1.72. The Morgan fingerprint density at radius 3 is 2.65 bits per heavy atom. The smallest absolute Gasteiger partial charge is 0.263 e. The van der Waals surface area contributed by atoms with E-state index in [0.717, 1.165) is 11.3 Å². The van der Waals surface area contributed by atoms with Gasteiger partial charge in [-0.2, -0.15) is 5.10 Å². The highest BCUT2D eigenvalue weighted by Crippen LogP contribution is 2.31. The Kier molecular flexibility index (Phi) is 3.88. The molecule has 1 aromatic heterocycles. The van der Waals surface area contributed by atoms with E-state index in [1.54, 1.807) is 24.8 Å². The van der Waals surface area contributed by atoms with Crippen LogP contribution < -0.4 is 15.7 Å². The molecule has 26 heavy (non-hydrogen) atoms. The number of aromatic nitrogens is 1. The zero-order chi connectivity index (χ0) is 18.3. The largest absolute Gasteiger partial charge is 0.506 e. The normalized spacial score (nSPS) is 16.4. The van der Waals surface area contributed by atoms with Crippen LogP contribution in [-0.4, -0.2) is 22.5 Å². The molecule has 0 amide bonds. The molecule has 0 saturated heterocycles. The Hall–Kier alpha value is -3.28. The van der Waals surface area contributed by atoms with Gasteiger partial charge < -0.3 is 19.8 Å². The maximum atomic E-state index is 12.8. The average Bonchev–Trinajstić information content (AvgIpc) is 3.16. The van der Waals surface area contributed by atoms with Gasteiger partial charge in [-0.15, -0.1) is 0 Å². The van der Waals surface area contributed by atoms with E-state index in [0.29, 0.717) is 23.0 Å². The number of hydrazone groups is 1. The molecule has 1 atom stereocenters. The van der Waals surface area contributed by atoms with Crippen molar-refractivity contribution in [1.29, 1.82) is 0 Å². The van der Waals surface area contributed by atoms with Crippen LogP contribution in [-0.2, 0) is 7.05 Å². The number of fused-ring (bicyclic) bond motifs is 1.